The van der Waals surface area contributed by atoms with Gasteiger partial charge in [-0.3, -0.25) is 4.98 Å². The summed E-state index contributed by atoms with van der Waals surface area (Å²) in [5, 5.41) is 4.19. The van der Waals surface area contributed by atoms with Gasteiger partial charge in [-0.05, 0) is 36.4 Å². The molecule has 9 rings (SSSR count). The minimum atomic E-state index is 0.684. The predicted molar refractivity (Wildman–Crippen MR) is 182 cm³/mol. The summed E-state index contributed by atoms with van der Waals surface area (Å²) in [4.78, 5) is 19.7. The van der Waals surface area contributed by atoms with Crippen molar-refractivity contribution in [1.29, 1.82) is 0 Å². The molecular weight excluding hydrogens is 552 g/mol. The highest BCUT2D eigenvalue weighted by Crippen LogP contribution is 2.39. The Morgan fingerprint density at radius 2 is 1.20 bits per heavy atom. The normalized spacial score (nSPS) is 11.6. The van der Waals surface area contributed by atoms with Gasteiger partial charge in [0.05, 0.1) is 28.1 Å². The molecule has 0 spiro atoms. The Hall–Kier alpha value is -6.20. The number of nitrogens with zero attached hydrogens (tertiary/aromatic N) is 4. The maximum Gasteiger partial charge on any atom is 0.160 e. The Labute approximate surface area is 258 Å². The molecule has 0 N–H and O–H groups in total. The van der Waals surface area contributed by atoms with Gasteiger partial charge in [0.2, 0.25) is 0 Å². The number of hydrogen-bond acceptors (Lipinski definition) is 5. The first-order valence-corrected chi connectivity index (χ1v) is 14.9. The summed E-state index contributed by atoms with van der Waals surface area (Å²) in [5.41, 5.74) is 9.98. The minimum absolute atomic E-state index is 0.684. The molecule has 0 bridgehead atoms. The first kappa shape index (κ1) is 25.3. The maximum atomic E-state index is 6.48. The highest BCUT2D eigenvalue weighted by molar-refractivity contribution is 6.13. The van der Waals surface area contributed by atoms with E-state index in [1.54, 1.807) is 0 Å². The largest absolute Gasteiger partial charge is 0.456 e. The van der Waals surface area contributed by atoms with Crippen LogP contribution in [0.25, 0.3) is 88.9 Å². The Bertz CT molecular complexity index is 2480. The molecule has 9 aromatic rings. The first-order chi connectivity index (χ1) is 22.3. The monoisotopic (exact) mass is 576 g/mol. The van der Waals surface area contributed by atoms with E-state index >= 15 is 0 Å². The topological polar surface area (TPSA) is 64.7 Å². The summed E-state index contributed by atoms with van der Waals surface area (Å²) in [6, 6.07) is 47.3. The van der Waals surface area contributed by atoms with Crippen LogP contribution in [-0.2, 0) is 0 Å². The molecule has 0 aliphatic rings. The van der Waals surface area contributed by atoms with E-state index in [1.165, 1.54) is 0 Å². The highest BCUT2D eigenvalue weighted by Gasteiger charge is 2.17. The summed E-state index contributed by atoms with van der Waals surface area (Å²) < 4.78 is 6.48. The van der Waals surface area contributed by atoms with Gasteiger partial charge in [0.25, 0.3) is 0 Å². The summed E-state index contributed by atoms with van der Waals surface area (Å²) in [6.07, 6.45) is 1.82. The molecule has 0 amide bonds. The molecular formula is C40H24N4O. The van der Waals surface area contributed by atoms with E-state index < -0.39 is 0 Å². The van der Waals surface area contributed by atoms with Gasteiger partial charge in [-0.25, -0.2) is 15.0 Å². The van der Waals surface area contributed by atoms with Crippen LogP contribution in [0.3, 0.4) is 0 Å². The fourth-order valence-corrected chi connectivity index (χ4v) is 6.14. The van der Waals surface area contributed by atoms with Crippen LogP contribution in [0.1, 0.15) is 0 Å². The molecule has 5 aromatic carbocycles. The molecule has 0 atom stereocenters. The molecule has 4 heterocycles. The van der Waals surface area contributed by atoms with Gasteiger partial charge in [0.15, 0.2) is 5.82 Å². The fraction of sp³-hybridized carbons (Fsp3) is 0. The van der Waals surface area contributed by atoms with Gasteiger partial charge in [-0.2, -0.15) is 0 Å². The lowest BCUT2D eigenvalue weighted by atomic mass is 10.0. The second-order valence-corrected chi connectivity index (χ2v) is 11.1. The van der Waals surface area contributed by atoms with Crippen LogP contribution in [0.5, 0.6) is 0 Å². The number of aromatic nitrogens is 4. The Kier molecular flexibility index (Phi) is 5.74. The Balaban J connectivity index is 1.21. The van der Waals surface area contributed by atoms with Crippen molar-refractivity contribution in [2.75, 3.05) is 0 Å². The van der Waals surface area contributed by atoms with Gasteiger partial charge in [0.1, 0.15) is 11.2 Å². The minimum Gasteiger partial charge on any atom is -0.456 e. The van der Waals surface area contributed by atoms with E-state index in [4.69, 9.17) is 19.4 Å². The van der Waals surface area contributed by atoms with Gasteiger partial charge in [-0.15, -0.1) is 0 Å². The van der Waals surface area contributed by atoms with Crippen molar-refractivity contribution in [3.63, 3.8) is 0 Å². The molecule has 5 heteroatoms. The molecule has 45 heavy (non-hydrogen) atoms. The maximum absolute atomic E-state index is 6.48. The fourth-order valence-electron chi connectivity index (χ4n) is 6.14. The van der Waals surface area contributed by atoms with E-state index in [1.807, 2.05) is 72.9 Å². The van der Waals surface area contributed by atoms with Crippen molar-refractivity contribution in [3.05, 3.63) is 146 Å². The van der Waals surface area contributed by atoms with Crippen molar-refractivity contribution >= 4 is 43.7 Å². The van der Waals surface area contributed by atoms with E-state index in [2.05, 4.69) is 77.8 Å². The van der Waals surface area contributed by atoms with Crippen LogP contribution in [0.15, 0.2) is 150 Å². The van der Waals surface area contributed by atoms with Crippen LogP contribution >= 0.6 is 0 Å². The van der Waals surface area contributed by atoms with Crippen LogP contribution in [-0.4, -0.2) is 19.9 Å². The molecule has 0 unspecified atom stereocenters. The molecule has 5 nitrogen and oxygen atoms in total. The average Bonchev–Trinajstić information content (AvgIpc) is 3.50. The zero-order chi connectivity index (χ0) is 29.7. The third-order valence-electron chi connectivity index (χ3n) is 8.33. The molecule has 0 aliphatic heterocycles. The number of benzene rings is 5. The van der Waals surface area contributed by atoms with Crippen LogP contribution in [0.2, 0.25) is 0 Å². The van der Waals surface area contributed by atoms with Crippen molar-refractivity contribution in [2.45, 2.75) is 0 Å². The zero-order valence-electron chi connectivity index (χ0n) is 24.1. The molecule has 0 saturated heterocycles. The second-order valence-electron chi connectivity index (χ2n) is 11.1. The predicted octanol–water partition coefficient (Wildman–Crippen LogP) is 10.1. The standard InChI is InChI=1S/C40H24N4O/c1-3-9-25(10-4-1)33-24-34(44-40(43-33)28-11-5-2-6-12-28)30-14-7-15-35-37(30)31-20-18-29(23-36(31)45-35)32-21-19-27-17-16-26-13-8-22-41-38(26)39(27)42-32/h1-24H. The lowest BCUT2D eigenvalue weighted by molar-refractivity contribution is 0.669. The van der Waals surface area contributed by atoms with E-state index in [0.717, 1.165) is 83.1 Å². The molecule has 0 aliphatic carbocycles. The van der Waals surface area contributed by atoms with Crippen LogP contribution in [0.4, 0.5) is 0 Å². The third kappa shape index (κ3) is 4.33. The zero-order valence-corrected chi connectivity index (χ0v) is 24.1. The van der Waals surface area contributed by atoms with Gasteiger partial charge in [-0.1, -0.05) is 103 Å². The van der Waals surface area contributed by atoms with E-state index in [0.29, 0.717) is 5.82 Å². The van der Waals surface area contributed by atoms with E-state index in [9.17, 15) is 0 Å². The number of rotatable bonds is 4. The van der Waals surface area contributed by atoms with Gasteiger partial charge >= 0.3 is 0 Å². The summed E-state index contributed by atoms with van der Waals surface area (Å²) in [6.45, 7) is 0. The van der Waals surface area contributed by atoms with Crippen molar-refractivity contribution in [3.8, 4) is 45.2 Å². The molecule has 4 aromatic heterocycles. The smallest absolute Gasteiger partial charge is 0.160 e. The summed E-state index contributed by atoms with van der Waals surface area (Å²) >= 11 is 0. The SMILES string of the molecule is c1ccc(-c2cc(-c3cccc4oc5cc(-c6ccc7ccc8cccnc8c7n6)ccc5c34)nc(-c3ccccc3)n2)cc1. The number of pyridine rings is 2. The number of hydrogen-bond donors (Lipinski definition) is 0. The van der Waals surface area contributed by atoms with Crippen molar-refractivity contribution in [1.82, 2.24) is 19.9 Å². The summed E-state index contributed by atoms with van der Waals surface area (Å²) in [7, 11) is 0. The highest BCUT2D eigenvalue weighted by atomic mass is 16.3. The average molecular weight is 577 g/mol. The second kappa shape index (κ2) is 10.2. The number of fused-ring (bicyclic) bond motifs is 6. The quantitative estimate of drug-likeness (QED) is 0.195. The Morgan fingerprint density at radius 3 is 2.04 bits per heavy atom. The van der Waals surface area contributed by atoms with Crippen molar-refractivity contribution in [2.24, 2.45) is 0 Å². The van der Waals surface area contributed by atoms with Gasteiger partial charge < -0.3 is 4.42 Å². The summed E-state index contributed by atoms with van der Waals surface area (Å²) in [5.74, 6) is 0.684. The van der Waals surface area contributed by atoms with Crippen LogP contribution < -0.4 is 0 Å². The molecule has 0 radical (unpaired) electrons. The molecule has 0 saturated carbocycles. The first-order valence-electron chi connectivity index (χ1n) is 14.9. The van der Waals surface area contributed by atoms with Gasteiger partial charge in [0, 0.05) is 50.0 Å². The van der Waals surface area contributed by atoms with E-state index in [-0.39, 0.29) is 0 Å². The van der Waals surface area contributed by atoms with Crippen LogP contribution in [0, 0.1) is 0 Å². The third-order valence-corrected chi connectivity index (χ3v) is 8.33. The lowest BCUT2D eigenvalue weighted by Gasteiger charge is -2.10. The lowest BCUT2D eigenvalue weighted by Crippen LogP contribution is -1.96. The Morgan fingerprint density at radius 1 is 0.444 bits per heavy atom. The van der Waals surface area contributed by atoms with Crippen molar-refractivity contribution < 1.29 is 4.42 Å². The molecule has 210 valence electrons. The number of furan rings is 1. The molecule has 0 fully saturated rings.